The van der Waals surface area contributed by atoms with Crippen LogP contribution in [0.15, 0.2) is 18.2 Å². The molecule has 1 aromatic rings. The van der Waals surface area contributed by atoms with Gasteiger partial charge >= 0.3 is 0 Å². The number of rotatable bonds is 6. The summed E-state index contributed by atoms with van der Waals surface area (Å²) < 4.78 is 44.4. The lowest BCUT2D eigenvalue weighted by atomic mass is 10.1. The summed E-state index contributed by atoms with van der Waals surface area (Å²) in [4.78, 5) is 16.2. The summed E-state index contributed by atoms with van der Waals surface area (Å²) in [7, 11) is -3.39. The Hall–Kier alpha value is -1.26. The first-order chi connectivity index (χ1) is 12.8. The third-order valence-electron chi connectivity index (χ3n) is 4.89. The first kappa shape index (κ1) is 20.5. The van der Waals surface area contributed by atoms with Crippen molar-refractivity contribution in [3.63, 3.8) is 0 Å². The van der Waals surface area contributed by atoms with Crippen molar-refractivity contribution in [3.05, 3.63) is 34.6 Å². The van der Waals surface area contributed by atoms with E-state index in [1.165, 1.54) is 22.7 Å². The Bertz CT molecular complexity index is 795. The molecule has 1 aromatic carbocycles. The van der Waals surface area contributed by atoms with Crippen molar-refractivity contribution < 1.29 is 22.3 Å². The highest BCUT2D eigenvalue weighted by atomic mass is 35.5. The number of amides is 1. The summed E-state index contributed by atoms with van der Waals surface area (Å²) in [5.74, 6) is -0.865. The van der Waals surface area contributed by atoms with Crippen LogP contribution in [0.1, 0.15) is 10.4 Å². The molecule has 0 aromatic heterocycles. The maximum Gasteiger partial charge on any atom is 0.254 e. The molecule has 0 unspecified atom stereocenters. The standard InChI is InChI=1S/C17H23ClFN3O4S/c1-27(24,25)22(5-4-20-6-8-26-9-7-20)14-11-21(12-14)17(23)13-2-3-16(19)15(18)10-13/h2-3,10,14H,4-9,11-12H2,1H3. The van der Waals surface area contributed by atoms with Crippen LogP contribution in [-0.4, -0.2) is 93.2 Å². The zero-order valence-corrected chi connectivity index (χ0v) is 16.7. The van der Waals surface area contributed by atoms with Crippen LogP contribution in [0.3, 0.4) is 0 Å². The van der Waals surface area contributed by atoms with Gasteiger partial charge in [-0.3, -0.25) is 9.69 Å². The second-order valence-electron chi connectivity index (χ2n) is 6.82. The predicted molar refractivity (Wildman–Crippen MR) is 99.9 cm³/mol. The molecule has 0 radical (unpaired) electrons. The second-order valence-corrected chi connectivity index (χ2v) is 9.16. The average Bonchev–Trinajstić information content (AvgIpc) is 2.58. The topological polar surface area (TPSA) is 70.2 Å². The SMILES string of the molecule is CS(=O)(=O)N(CCN1CCOCC1)C1CN(C(=O)c2ccc(F)c(Cl)c2)C1. The molecule has 27 heavy (non-hydrogen) atoms. The third-order valence-corrected chi connectivity index (χ3v) is 6.51. The van der Waals surface area contributed by atoms with Crippen molar-refractivity contribution in [2.45, 2.75) is 6.04 Å². The van der Waals surface area contributed by atoms with Crippen molar-refractivity contribution >= 4 is 27.5 Å². The highest BCUT2D eigenvalue weighted by Crippen LogP contribution is 2.23. The summed E-state index contributed by atoms with van der Waals surface area (Å²) in [6.45, 7) is 4.53. The minimum atomic E-state index is -3.39. The monoisotopic (exact) mass is 419 g/mol. The molecule has 10 heteroatoms. The molecule has 2 heterocycles. The molecule has 1 amide bonds. The van der Waals surface area contributed by atoms with E-state index in [1.54, 1.807) is 4.90 Å². The Balaban J connectivity index is 1.58. The first-order valence-electron chi connectivity index (χ1n) is 8.77. The first-order valence-corrected chi connectivity index (χ1v) is 11.0. The van der Waals surface area contributed by atoms with Gasteiger partial charge in [-0.1, -0.05) is 11.6 Å². The van der Waals surface area contributed by atoms with Crippen molar-refractivity contribution in [2.75, 3.05) is 58.7 Å². The number of nitrogens with zero attached hydrogens (tertiary/aromatic N) is 3. The smallest absolute Gasteiger partial charge is 0.254 e. The van der Waals surface area contributed by atoms with Crippen LogP contribution in [0.25, 0.3) is 0 Å². The number of sulfonamides is 1. The van der Waals surface area contributed by atoms with Crippen LogP contribution in [0, 0.1) is 5.82 Å². The lowest BCUT2D eigenvalue weighted by Crippen LogP contribution is -2.63. The van der Waals surface area contributed by atoms with E-state index < -0.39 is 15.8 Å². The van der Waals surface area contributed by atoms with Gasteiger partial charge in [0, 0.05) is 44.8 Å². The fourth-order valence-corrected chi connectivity index (χ4v) is 4.57. The number of hydrogen-bond acceptors (Lipinski definition) is 5. The highest BCUT2D eigenvalue weighted by molar-refractivity contribution is 7.88. The molecule has 0 aliphatic carbocycles. The van der Waals surface area contributed by atoms with Crippen LogP contribution < -0.4 is 0 Å². The van der Waals surface area contributed by atoms with E-state index in [4.69, 9.17) is 16.3 Å². The number of carbonyl (C=O) groups excluding carboxylic acids is 1. The van der Waals surface area contributed by atoms with Crippen LogP contribution in [0.4, 0.5) is 4.39 Å². The normalized spacial score (nSPS) is 19.3. The molecule has 2 aliphatic heterocycles. The van der Waals surface area contributed by atoms with E-state index in [0.717, 1.165) is 19.2 Å². The van der Waals surface area contributed by atoms with Gasteiger partial charge in [-0.25, -0.2) is 12.8 Å². The van der Waals surface area contributed by atoms with Crippen LogP contribution in [0.2, 0.25) is 5.02 Å². The number of morpholine rings is 1. The minimum Gasteiger partial charge on any atom is -0.379 e. The fourth-order valence-electron chi connectivity index (χ4n) is 3.30. The number of carbonyl (C=O) groups is 1. The molecule has 0 atom stereocenters. The third kappa shape index (κ3) is 4.97. The van der Waals surface area contributed by atoms with E-state index in [9.17, 15) is 17.6 Å². The molecule has 0 bridgehead atoms. The van der Waals surface area contributed by atoms with E-state index >= 15 is 0 Å². The average molecular weight is 420 g/mol. The van der Waals surface area contributed by atoms with Gasteiger partial charge in [0.2, 0.25) is 10.0 Å². The highest BCUT2D eigenvalue weighted by Gasteiger charge is 2.39. The van der Waals surface area contributed by atoms with E-state index in [2.05, 4.69) is 4.90 Å². The molecule has 150 valence electrons. The zero-order valence-electron chi connectivity index (χ0n) is 15.1. The molecule has 0 saturated carbocycles. The molecule has 2 aliphatic rings. The molecule has 2 fully saturated rings. The Morgan fingerprint density at radius 2 is 2.00 bits per heavy atom. The van der Waals surface area contributed by atoms with Crippen molar-refractivity contribution in [1.82, 2.24) is 14.1 Å². The molecular weight excluding hydrogens is 397 g/mol. The van der Waals surface area contributed by atoms with Crippen LogP contribution in [-0.2, 0) is 14.8 Å². The largest absolute Gasteiger partial charge is 0.379 e. The van der Waals surface area contributed by atoms with Gasteiger partial charge in [-0.15, -0.1) is 0 Å². The summed E-state index contributed by atoms with van der Waals surface area (Å²) >= 11 is 5.73. The molecule has 3 rings (SSSR count). The van der Waals surface area contributed by atoms with Gasteiger partial charge < -0.3 is 9.64 Å². The number of benzene rings is 1. The minimum absolute atomic E-state index is 0.110. The quantitative estimate of drug-likeness (QED) is 0.685. The van der Waals surface area contributed by atoms with Crippen molar-refractivity contribution in [1.29, 1.82) is 0 Å². The number of ether oxygens (including phenoxy) is 1. The molecule has 2 saturated heterocycles. The fraction of sp³-hybridized carbons (Fsp3) is 0.588. The van der Waals surface area contributed by atoms with E-state index in [-0.39, 0.29) is 17.0 Å². The number of hydrogen-bond donors (Lipinski definition) is 0. The van der Waals surface area contributed by atoms with Crippen molar-refractivity contribution in [2.24, 2.45) is 0 Å². The molecule has 0 spiro atoms. The lowest BCUT2D eigenvalue weighted by molar-refractivity contribution is 0.0269. The van der Waals surface area contributed by atoms with Crippen molar-refractivity contribution in [3.8, 4) is 0 Å². The summed E-state index contributed by atoms with van der Waals surface area (Å²) in [5.41, 5.74) is 0.291. The number of halogens is 2. The summed E-state index contributed by atoms with van der Waals surface area (Å²) in [6, 6.07) is 3.57. The molecular formula is C17H23ClFN3O4S. The summed E-state index contributed by atoms with van der Waals surface area (Å²) in [6.07, 6.45) is 1.19. The number of likely N-dealkylation sites (tertiary alicyclic amines) is 1. The Labute approximate surface area is 163 Å². The summed E-state index contributed by atoms with van der Waals surface area (Å²) in [5, 5.41) is -0.110. The van der Waals surface area contributed by atoms with E-state index in [0.29, 0.717) is 45.0 Å². The Morgan fingerprint density at radius 1 is 1.33 bits per heavy atom. The zero-order chi connectivity index (χ0) is 19.6. The Morgan fingerprint density at radius 3 is 2.59 bits per heavy atom. The van der Waals surface area contributed by atoms with Gasteiger partial charge in [0.05, 0.1) is 30.5 Å². The van der Waals surface area contributed by atoms with Crippen LogP contribution in [0.5, 0.6) is 0 Å². The van der Waals surface area contributed by atoms with Gasteiger partial charge in [0.25, 0.3) is 5.91 Å². The van der Waals surface area contributed by atoms with Crippen LogP contribution >= 0.6 is 11.6 Å². The Kier molecular flexibility index (Phi) is 6.37. The van der Waals surface area contributed by atoms with Gasteiger partial charge in [-0.05, 0) is 18.2 Å². The maximum absolute atomic E-state index is 13.3. The maximum atomic E-state index is 13.3. The van der Waals surface area contributed by atoms with Gasteiger partial charge in [0.15, 0.2) is 0 Å². The van der Waals surface area contributed by atoms with Gasteiger partial charge in [0.1, 0.15) is 5.82 Å². The van der Waals surface area contributed by atoms with E-state index in [1.807, 2.05) is 0 Å². The molecule has 7 nitrogen and oxygen atoms in total. The predicted octanol–water partition coefficient (Wildman–Crippen LogP) is 0.897. The van der Waals surface area contributed by atoms with Gasteiger partial charge in [-0.2, -0.15) is 4.31 Å². The molecule has 0 N–H and O–H groups in total. The lowest BCUT2D eigenvalue weighted by Gasteiger charge is -2.44. The second kappa shape index (κ2) is 8.40.